The third-order valence-electron chi connectivity index (χ3n) is 6.16. The van der Waals surface area contributed by atoms with E-state index in [0.29, 0.717) is 22.3 Å². The molecule has 0 spiro atoms. The molecule has 0 atom stereocenters. The molecule has 2 heterocycles. The fourth-order valence-electron chi connectivity index (χ4n) is 4.21. The molecule has 2 aromatic heterocycles. The number of halogens is 1. The monoisotopic (exact) mass is 473 g/mol. The van der Waals surface area contributed by atoms with Crippen LogP contribution >= 0.6 is 0 Å². The van der Waals surface area contributed by atoms with Gasteiger partial charge in [0.05, 0.1) is 22.7 Å². The second-order valence-electron chi connectivity index (χ2n) is 8.50. The van der Waals surface area contributed by atoms with Crippen molar-refractivity contribution in [2.75, 3.05) is 11.9 Å². The summed E-state index contributed by atoms with van der Waals surface area (Å²) in [5, 5.41) is 13.5. The van der Waals surface area contributed by atoms with Crippen molar-refractivity contribution in [3.8, 4) is 17.6 Å². The normalized spacial score (nSPS) is 13.7. The Bertz CT molecular complexity index is 1370. The summed E-state index contributed by atoms with van der Waals surface area (Å²) in [5.74, 6) is -0.647. The van der Waals surface area contributed by atoms with Gasteiger partial charge in [-0.2, -0.15) is 9.97 Å². The fraction of sp³-hybridized carbons (Fsp3) is 0.231. The Kier molecular flexibility index (Phi) is 6.13. The van der Waals surface area contributed by atoms with E-state index < -0.39 is 5.82 Å². The van der Waals surface area contributed by atoms with Gasteiger partial charge in [0.25, 0.3) is 5.91 Å². The Hall–Kier alpha value is -4.27. The molecule has 1 aliphatic rings. The maximum absolute atomic E-state index is 14.4. The highest BCUT2D eigenvalue weighted by Gasteiger charge is 2.21. The molecule has 1 fully saturated rings. The standard InChI is InChI=1S/C26H24FN5O3/c1-32(18-8-11-22(27)21(14-18)25(34)29-16-4-2-3-5-16)17-6-9-19(10-7-17)35-26-30-23-15-28-13-12-20(23)24(33)31-26/h6-16H,2-5H2,1H3,(H,29,34)(H,30,31,33). The number of rotatable bonds is 6. The molecule has 1 aliphatic carbocycles. The molecule has 8 nitrogen and oxygen atoms in total. The Morgan fingerprint density at radius 3 is 2.60 bits per heavy atom. The first kappa shape index (κ1) is 22.5. The molecule has 2 N–H and O–H groups in total. The van der Waals surface area contributed by atoms with Crippen LogP contribution < -0.4 is 15.0 Å². The lowest BCUT2D eigenvalue weighted by Crippen LogP contribution is -2.33. The van der Waals surface area contributed by atoms with Crippen molar-refractivity contribution in [2.45, 2.75) is 31.7 Å². The Balaban J connectivity index is 1.31. The third-order valence-corrected chi connectivity index (χ3v) is 6.16. The number of aromatic hydroxyl groups is 1. The van der Waals surface area contributed by atoms with Crippen LogP contribution in [0, 0.1) is 5.82 Å². The van der Waals surface area contributed by atoms with Crippen molar-refractivity contribution in [1.29, 1.82) is 0 Å². The van der Waals surface area contributed by atoms with Crippen LogP contribution in [0.1, 0.15) is 36.0 Å². The molecular formula is C26H24FN5O3. The van der Waals surface area contributed by atoms with E-state index in [4.69, 9.17) is 4.74 Å². The van der Waals surface area contributed by atoms with E-state index in [1.807, 2.05) is 24.1 Å². The zero-order chi connectivity index (χ0) is 24.4. The second-order valence-corrected chi connectivity index (χ2v) is 8.50. The molecule has 0 radical (unpaired) electrons. The highest BCUT2D eigenvalue weighted by Crippen LogP contribution is 2.30. The highest BCUT2D eigenvalue weighted by molar-refractivity contribution is 5.96. The van der Waals surface area contributed by atoms with Crippen LogP contribution in [0.2, 0.25) is 0 Å². The van der Waals surface area contributed by atoms with Crippen molar-refractivity contribution in [1.82, 2.24) is 20.3 Å². The Labute approximate surface area is 201 Å². The van der Waals surface area contributed by atoms with E-state index >= 15 is 0 Å². The molecule has 0 aliphatic heterocycles. The molecule has 4 aromatic rings. The van der Waals surface area contributed by atoms with Gasteiger partial charge in [0.1, 0.15) is 11.6 Å². The maximum atomic E-state index is 14.4. The molecule has 9 heteroatoms. The SMILES string of the molecule is CN(c1ccc(Oc2nc(O)c3ccncc3n2)cc1)c1ccc(F)c(C(=O)NC2CCCC2)c1. The number of carbonyl (C=O) groups excluding carboxylic acids is 1. The number of nitrogens with zero attached hydrogens (tertiary/aromatic N) is 4. The first-order valence-corrected chi connectivity index (χ1v) is 11.4. The van der Waals surface area contributed by atoms with Crippen LogP contribution in [0.25, 0.3) is 10.9 Å². The third kappa shape index (κ3) is 4.84. The van der Waals surface area contributed by atoms with E-state index in [9.17, 15) is 14.3 Å². The summed E-state index contributed by atoms with van der Waals surface area (Å²) in [5.41, 5.74) is 1.98. The number of anilines is 2. The van der Waals surface area contributed by atoms with Crippen LogP contribution in [-0.4, -0.2) is 39.1 Å². The molecular weight excluding hydrogens is 449 g/mol. The van der Waals surface area contributed by atoms with Gasteiger partial charge in [-0.1, -0.05) is 12.8 Å². The summed E-state index contributed by atoms with van der Waals surface area (Å²) in [6.07, 6.45) is 7.10. The van der Waals surface area contributed by atoms with Crippen LogP contribution in [0.4, 0.5) is 15.8 Å². The summed E-state index contributed by atoms with van der Waals surface area (Å²) >= 11 is 0. The number of hydrogen-bond acceptors (Lipinski definition) is 7. The minimum Gasteiger partial charge on any atom is -0.493 e. The molecule has 0 saturated heterocycles. The zero-order valence-electron chi connectivity index (χ0n) is 19.1. The summed E-state index contributed by atoms with van der Waals surface area (Å²) < 4.78 is 20.1. The van der Waals surface area contributed by atoms with Crippen LogP contribution in [0.15, 0.2) is 60.9 Å². The minimum atomic E-state index is -0.546. The van der Waals surface area contributed by atoms with E-state index in [1.54, 1.807) is 36.5 Å². The molecule has 0 unspecified atom stereocenters. The van der Waals surface area contributed by atoms with Crippen molar-refractivity contribution in [3.05, 3.63) is 72.3 Å². The largest absolute Gasteiger partial charge is 0.493 e. The van der Waals surface area contributed by atoms with Crippen LogP contribution in [0.5, 0.6) is 17.6 Å². The number of aromatic nitrogens is 3. The molecule has 0 bridgehead atoms. The quantitative estimate of drug-likeness (QED) is 0.402. The minimum absolute atomic E-state index is 0.000515. The summed E-state index contributed by atoms with van der Waals surface area (Å²) in [4.78, 5) is 26.7. The summed E-state index contributed by atoms with van der Waals surface area (Å²) in [6.45, 7) is 0. The fourth-order valence-corrected chi connectivity index (χ4v) is 4.21. The lowest BCUT2D eigenvalue weighted by Gasteiger charge is -2.21. The number of ether oxygens (including phenoxy) is 1. The number of hydrogen-bond donors (Lipinski definition) is 2. The first-order chi connectivity index (χ1) is 17.0. The number of carbonyl (C=O) groups is 1. The predicted octanol–water partition coefficient (Wildman–Crippen LogP) is 5.10. The van der Waals surface area contributed by atoms with Crippen molar-refractivity contribution in [2.24, 2.45) is 0 Å². The highest BCUT2D eigenvalue weighted by atomic mass is 19.1. The molecule has 2 aromatic carbocycles. The number of amides is 1. The molecule has 1 amide bonds. The van der Waals surface area contributed by atoms with Gasteiger partial charge < -0.3 is 20.1 Å². The first-order valence-electron chi connectivity index (χ1n) is 11.4. The van der Waals surface area contributed by atoms with Crippen LogP contribution in [0.3, 0.4) is 0 Å². The summed E-state index contributed by atoms with van der Waals surface area (Å²) in [6, 6.07) is 13.3. The van der Waals surface area contributed by atoms with Gasteiger partial charge in [0.2, 0.25) is 5.88 Å². The molecule has 178 valence electrons. The number of nitrogens with one attached hydrogen (secondary N) is 1. The van der Waals surface area contributed by atoms with Gasteiger partial charge in [-0.15, -0.1) is 0 Å². The smallest absolute Gasteiger partial charge is 0.325 e. The lowest BCUT2D eigenvalue weighted by molar-refractivity contribution is 0.0934. The van der Waals surface area contributed by atoms with Gasteiger partial charge in [-0.25, -0.2) is 4.39 Å². The van der Waals surface area contributed by atoms with E-state index in [-0.39, 0.29) is 29.4 Å². The van der Waals surface area contributed by atoms with Gasteiger partial charge in [0, 0.05) is 30.7 Å². The second kappa shape index (κ2) is 9.54. The molecule has 5 rings (SSSR count). The topological polar surface area (TPSA) is 100 Å². The van der Waals surface area contributed by atoms with Crippen molar-refractivity contribution < 1.29 is 19.0 Å². The number of pyridine rings is 1. The molecule has 1 saturated carbocycles. The average molecular weight is 474 g/mol. The number of fused-ring (bicyclic) bond motifs is 1. The van der Waals surface area contributed by atoms with Gasteiger partial charge in [-0.05, 0) is 61.4 Å². The zero-order valence-corrected chi connectivity index (χ0v) is 19.1. The van der Waals surface area contributed by atoms with Crippen molar-refractivity contribution >= 4 is 28.2 Å². The number of benzene rings is 2. The lowest BCUT2D eigenvalue weighted by atomic mass is 10.1. The summed E-state index contributed by atoms with van der Waals surface area (Å²) in [7, 11) is 1.83. The molecule has 35 heavy (non-hydrogen) atoms. The average Bonchev–Trinajstić information content (AvgIpc) is 3.37. The van der Waals surface area contributed by atoms with E-state index in [0.717, 1.165) is 31.4 Å². The van der Waals surface area contributed by atoms with Crippen molar-refractivity contribution in [3.63, 3.8) is 0 Å². The van der Waals surface area contributed by atoms with Gasteiger partial charge in [0.15, 0.2) is 0 Å². The maximum Gasteiger partial charge on any atom is 0.325 e. The van der Waals surface area contributed by atoms with E-state index in [1.165, 1.54) is 12.3 Å². The van der Waals surface area contributed by atoms with E-state index in [2.05, 4.69) is 20.3 Å². The Morgan fingerprint density at radius 1 is 1.09 bits per heavy atom. The predicted molar refractivity (Wildman–Crippen MR) is 130 cm³/mol. The Morgan fingerprint density at radius 2 is 1.83 bits per heavy atom. The van der Waals surface area contributed by atoms with Crippen LogP contribution in [-0.2, 0) is 0 Å². The van der Waals surface area contributed by atoms with Gasteiger partial charge in [-0.3, -0.25) is 9.78 Å². The van der Waals surface area contributed by atoms with Gasteiger partial charge >= 0.3 is 6.01 Å².